The van der Waals surface area contributed by atoms with E-state index in [9.17, 15) is 9.90 Å². The van der Waals surface area contributed by atoms with Crippen LogP contribution in [0.1, 0.15) is 31.3 Å². The Morgan fingerprint density at radius 2 is 2.35 bits per heavy atom. The zero-order valence-corrected chi connectivity index (χ0v) is 12.5. The van der Waals surface area contributed by atoms with Crippen molar-refractivity contribution in [2.24, 2.45) is 0 Å². The van der Waals surface area contributed by atoms with Crippen molar-refractivity contribution >= 4 is 28.1 Å². The van der Waals surface area contributed by atoms with Crippen LogP contribution in [0, 0.1) is 0 Å². The van der Waals surface area contributed by atoms with Gasteiger partial charge in [0.05, 0.1) is 11.7 Å². The van der Waals surface area contributed by atoms with E-state index in [2.05, 4.69) is 4.98 Å². The van der Waals surface area contributed by atoms with Crippen molar-refractivity contribution in [1.29, 1.82) is 0 Å². The molecule has 1 aliphatic rings. The second kappa shape index (κ2) is 4.46. The number of nitrogens with zero attached hydrogens (tertiary/aromatic N) is 3. The number of rotatable bonds is 2. The minimum atomic E-state index is -0.956. The van der Waals surface area contributed by atoms with Gasteiger partial charge in [-0.3, -0.25) is 4.40 Å². The number of morpholine rings is 1. The maximum absolute atomic E-state index is 11.6. The predicted molar refractivity (Wildman–Crippen MR) is 76.9 cm³/mol. The minimum absolute atomic E-state index is 0.0418. The largest absolute Gasteiger partial charge is 0.476 e. The van der Waals surface area contributed by atoms with Gasteiger partial charge in [-0.2, -0.15) is 0 Å². The molecular weight excluding hydrogens is 278 g/mol. The third-order valence-electron chi connectivity index (χ3n) is 3.32. The summed E-state index contributed by atoms with van der Waals surface area (Å²) in [5, 5.41) is 11.3. The number of hydrogen-bond acceptors (Lipinski definition) is 5. The highest BCUT2D eigenvalue weighted by atomic mass is 32.1. The second-order valence-electron chi connectivity index (χ2n) is 5.71. The highest BCUT2D eigenvalue weighted by molar-refractivity contribution is 7.15. The van der Waals surface area contributed by atoms with Gasteiger partial charge in [-0.25, -0.2) is 9.78 Å². The molecule has 108 valence electrons. The summed E-state index contributed by atoms with van der Waals surface area (Å²) in [6, 6.07) is 0. The maximum Gasteiger partial charge on any atom is 0.356 e. The van der Waals surface area contributed by atoms with E-state index in [1.54, 1.807) is 10.6 Å². The molecule has 3 rings (SSSR count). The van der Waals surface area contributed by atoms with E-state index in [4.69, 9.17) is 4.74 Å². The number of carbonyl (C=O) groups is 1. The third kappa shape index (κ3) is 2.16. The summed E-state index contributed by atoms with van der Waals surface area (Å²) in [5.41, 5.74) is -0.0871. The molecule has 1 aliphatic heterocycles. The number of hydrogen-bond donors (Lipinski definition) is 1. The SMILES string of the molecule is CC1CN(c2nc3sccn3c2C(=O)O)CC(C)(C)O1. The van der Waals surface area contributed by atoms with Gasteiger partial charge in [0, 0.05) is 24.7 Å². The predicted octanol–water partition coefficient (Wildman–Crippen LogP) is 2.10. The van der Waals surface area contributed by atoms with Crippen LogP contribution in [0.5, 0.6) is 0 Å². The van der Waals surface area contributed by atoms with Gasteiger partial charge in [-0.15, -0.1) is 11.3 Å². The number of aromatic nitrogens is 2. The van der Waals surface area contributed by atoms with Crippen molar-refractivity contribution < 1.29 is 14.6 Å². The summed E-state index contributed by atoms with van der Waals surface area (Å²) >= 11 is 1.44. The van der Waals surface area contributed by atoms with Gasteiger partial charge in [-0.05, 0) is 20.8 Å². The topological polar surface area (TPSA) is 67.1 Å². The molecule has 2 aromatic rings. The average Bonchev–Trinajstić information content (AvgIpc) is 2.83. The fourth-order valence-electron chi connectivity index (χ4n) is 2.81. The van der Waals surface area contributed by atoms with Crippen LogP contribution in [-0.4, -0.2) is 45.3 Å². The van der Waals surface area contributed by atoms with Crippen LogP contribution >= 0.6 is 11.3 Å². The highest BCUT2D eigenvalue weighted by Crippen LogP contribution is 2.30. The van der Waals surface area contributed by atoms with Gasteiger partial charge in [0.25, 0.3) is 0 Å². The van der Waals surface area contributed by atoms with Crippen LogP contribution in [0.25, 0.3) is 4.96 Å². The minimum Gasteiger partial charge on any atom is -0.476 e. The number of fused-ring (bicyclic) bond motifs is 1. The number of ether oxygens (including phenoxy) is 1. The van der Waals surface area contributed by atoms with Gasteiger partial charge in [0.1, 0.15) is 0 Å². The third-order valence-corrected chi connectivity index (χ3v) is 4.07. The van der Waals surface area contributed by atoms with Crippen LogP contribution in [0.15, 0.2) is 11.6 Å². The Labute approximate surface area is 120 Å². The smallest absolute Gasteiger partial charge is 0.356 e. The van der Waals surface area contributed by atoms with Gasteiger partial charge in [0.15, 0.2) is 16.5 Å². The molecule has 1 N–H and O–H groups in total. The first kappa shape index (κ1) is 13.4. The number of carboxylic acid groups (broad SMARTS) is 1. The molecule has 7 heteroatoms. The molecule has 6 nitrogen and oxygen atoms in total. The summed E-state index contributed by atoms with van der Waals surface area (Å²) in [4.78, 5) is 18.8. The fourth-order valence-corrected chi connectivity index (χ4v) is 3.52. The van der Waals surface area contributed by atoms with Crippen LogP contribution in [0.3, 0.4) is 0 Å². The lowest BCUT2D eigenvalue weighted by molar-refractivity contribution is -0.0752. The Kier molecular flexibility index (Phi) is 2.98. The molecule has 0 amide bonds. The first-order valence-electron chi connectivity index (χ1n) is 6.49. The molecule has 0 bridgehead atoms. The molecule has 0 aromatic carbocycles. The van der Waals surface area contributed by atoms with Crippen LogP contribution in [-0.2, 0) is 4.74 Å². The fraction of sp³-hybridized carbons (Fsp3) is 0.538. The second-order valence-corrected chi connectivity index (χ2v) is 6.59. The van der Waals surface area contributed by atoms with Crippen molar-refractivity contribution in [3.05, 3.63) is 17.3 Å². The zero-order chi connectivity index (χ0) is 14.5. The van der Waals surface area contributed by atoms with Gasteiger partial charge >= 0.3 is 5.97 Å². The van der Waals surface area contributed by atoms with E-state index in [-0.39, 0.29) is 17.4 Å². The first-order chi connectivity index (χ1) is 9.37. The van der Waals surface area contributed by atoms with Crippen molar-refractivity contribution in [2.45, 2.75) is 32.5 Å². The molecule has 0 saturated carbocycles. The van der Waals surface area contributed by atoms with Crippen molar-refractivity contribution in [3.8, 4) is 0 Å². The molecule has 0 radical (unpaired) electrons. The van der Waals surface area contributed by atoms with Crippen molar-refractivity contribution in [1.82, 2.24) is 9.38 Å². The van der Waals surface area contributed by atoms with E-state index >= 15 is 0 Å². The molecule has 0 spiro atoms. The summed E-state index contributed by atoms with van der Waals surface area (Å²) in [6.45, 7) is 7.28. The summed E-state index contributed by atoms with van der Waals surface area (Å²) in [6.07, 6.45) is 1.79. The molecule has 1 fully saturated rings. The lowest BCUT2D eigenvalue weighted by Gasteiger charge is -2.42. The van der Waals surface area contributed by atoms with Crippen LogP contribution in [0.4, 0.5) is 5.82 Å². The lowest BCUT2D eigenvalue weighted by atomic mass is 10.1. The number of imidazole rings is 1. The van der Waals surface area contributed by atoms with E-state index in [1.165, 1.54) is 11.3 Å². The van der Waals surface area contributed by atoms with Gasteiger partial charge in [-0.1, -0.05) is 0 Å². The Hall–Kier alpha value is -1.60. The van der Waals surface area contributed by atoms with E-state index in [0.29, 0.717) is 23.9 Å². The molecule has 3 heterocycles. The van der Waals surface area contributed by atoms with Crippen molar-refractivity contribution in [2.75, 3.05) is 18.0 Å². The normalized spacial score (nSPS) is 22.4. The molecule has 1 saturated heterocycles. The van der Waals surface area contributed by atoms with Crippen molar-refractivity contribution in [3.63, 3.8) is 0 Å². The zero-order valence-electron chi connectivity index (χ0n) is 11.7. The molecular formula is C13H17N3O3S. The Bertz CT molecular complexity index is 661. The van der Waals surface area contributed by atoms with Gasteiger partial charge < -0.3 is 14.7 Å². The number of thiazole rings is 1. The summed E-state index contributed by atoms with van der Waals surface area (Å²) in [5.74, 6) is -0.421. The maximum atomic E-state index is 11.6. The summed E-state index contributed by atoms with van der Waals surface area (Å²) in [7, 11) is 0. The Morgan fingerprint density at radius 3 is 3.00 bits per heavy atom. The molecule has 0 aliphatic carbocycles. The Morgan fingerprint density at radius 1 is 1.60 bits per heavy atom. The highest BCUT2D eigenvalue weighted by Gasteiger charge is 2.35. The quantitative estimate of drug-likeness (QED) is 0.919. The van der Waals surface area contributed by atoms with Gasteiger partial charge in [0.2, 0.25) is 0 Å². The summed E-state index contributed by atoms with van der Waals surface area (Å²) < 4.78 is 7.49. The average molecular weight is 295 g/mol. The monoisotopic (exact) mass is 295 g/mol. The molecule has 20 heavy (non-hydrogen) atoms. The standard InChI is InChI=1S/C13H17N3O3S/c1-8-6-15(7-13(2,3)19-8)10-9(11(17)18)16-4-5-20-12(16)14-10/h4-5,8H,6-7H2,1-3H3,(H,17,18). The number of carboxylic acids is 1. The van der Waals surface area contributed by atoms with Crippen LogP contribution < -0.4 is 4.90 Å². The lowest BCUT2D eigenvalue weighted by Crippen LogP contribution is -2.52. The molecule has 2 aromatic heterocycles. The Balaban J connectivity index is 2.07. The molecule has 1 atom stereocenters. The van der Waals surface area contributed by atoms with E-state index in [0.717, 1.165) is 0 Å². The number of anilines is 1. The van der Waals surface area contributed by atoms with E-state index < -0.39 is 5.97 Å². The van der Waals surface area contributed by atoms with Crippen LogP contribution in [0.2, 0.25) is 0 Å². The first-order valence-corrected chi connectivity index (χ1v) is 7.37. The number of aromatic carboxylic acids is 1. The molecule has 1 unspecified atom stereocenters. The van der Waals surface area contributed by atoms with E-state index in [1.807, 2.05) is 31.1 Å².